The second-order valence-electron chi connectivity index (χ2n) is 4.86. The molecule has 1 atom stereocenters. The quantitative estimate of drug-likeness (QED) is 0.908. The van der Waals surface area contributed by atoms with E-state index in [2.05, 4.69) is 15.6 Å². The number of carbonyl (C=O) groups excluding carboxylic acids is 1. The lowest BCUT2D eigenvalue weighted by Crippen LogP contribution is -2.27. The zero-order valence-corrected chi connectivity index (χ0v) is 12.3. The fourth-order valence-electron chi connectivity index (χ4n) is 1.93. The number of pyridine rings is 1. The second kappa shape index (κ2) is 6.35. The summed E-state index contributed by atoms with van der Waals surface area (Å²) in [6.45, 7) is 3.51. The number of anilines is 1. The molecule has 0 aliphatic heterocycles. The van der Waals surface area contributed by atoms with E-state index in [0.29, 0.717) is 17.1 Å². The average Bonchev–Trinajstić information content (AvgIpc) is 2.49. The number of benzene rings is 1. The molecular weight excluding hydrogens is 269 g/mol. The molecule has 4 nitrogen and oxygen atoms in total. The van der Waals surface area contributed by atoms with E-state index in [1.54, 1.807) is 44.3 Å². The minimum absolute atomic E-state index is 0.274. The van der Waals surface area contributed by atoms with Crippen molar-refractivity contribution in [3.05, 3.63) is 59.0 Å². The van der Waals surface area contributed by atoms with Gasteiger partial charge in [-0.25, -0.2) is 9.37 Å². The number of nitrogens with zero attached hydrogens (tertiary/aromatic N) is 1. The van der Waals surface area contributed by atoms with Crippen LogP contribution in [0.1, 0.15) is 34.6 Å². The van der Waals surface area contributed by atoms with Gasteiger partial charge in [-0.15, -0.1) is 0 Å². The van der Waals surface area contributed by atoms with Gasteiger partial charge in [0, 0.05) is 7.05 Å². The summed E-state index contributed by atoms with van der Waals surface area (Å²) in [5, 5.41) is 5.69. The molecule has 1 heterocycles. The van der Waals surface area contributed by atoms with Gasteiger partial charge in [0.15, 0.2) is 0 Å². The first-order chi connectivity index (χ1) is 10.0. The number of halogens is 1. The third kappa shape index (κ3) is 3.56. The van der Waals surface area contributed by atoms with Crippen molar-refractivity contribution in [2.45, 2.75) is 19.9 Å². The molecule has 5 heteroatoms. The highest BCUT2D eigenvalue weighted by Crippen LogP contribution is 2.17. The molecule has 1 aromatic heterocycles. The summed E-state index contributed by atoms with van der Waals surface area (Å²) in [6.07, 6.45) is 0. The molecule has 0 aliphatic rings. The van der Waals surface area contributed by atoms with Gasteiger partial charge in [-0.1, -0.05) is 18.2 Å². The monoisotopic (exact) mass is 287 g/mol. The van der Waals surface area contributed by atoms with Crippen molar-refractivity contribution in [3.63, 3.8) is 0 Å². The summed E-state index contributed by atoms with van der Waals surface area (Å²) >= 11 is 0. The maximum Gasteiger partial charge on any atom is 0.270 e. The third-order valence-corrected chi connectivity index (χ3v) is 3.28. The minimum Gasteiger partial charge on any atom is -0.373 e. The van der Waals surface area contributed by atoms with Gasteiger partial charge in [-0.05, 0) is 43.2 Å². The SMILES string of the molecule is CNc1cccc(C(=O)NC(C)c2ccc(C)c(F)c2)n1. The molecule has 1 unspecified atom stereocenters. The van der Waals surface area contributed by atoms with E-state index in [4.69, 9.17) is 0 Å². The summed E-state index contributed by atoms with van der Waals surface area (Å²) in [4.78, 5) is 16.3. The zero-order valence-electron chi connectivity index (χ0n) is 12.3. The van der Waals surface area contributed by atoms with Crippen LogP contribution in [-0.4, -0.2) is 17.9 Å². The first kappa shape index (κ1) is 15.0. The second-order valence-corrected chi connectivity index (χ2v) is 4.86. The molecule has 0 aliphatic carbocycles. The predicted molar refractivity (Wildman–Crippen MR) is 80.8 cm³/mol. The fraction of sp³-hybridized carbons (Fsp3) is 0.250. The number of hydrogen-bond donors (Lipinski definition) is 2. The Morgan fingerprint density at radius 2 is 2.05 bits per heavy atom. The molecule has 0 spiro atoms. The van der Waals surface area contributed by atoms with E-state index in [1.165, 1.54) is 6.07 Å². The van der Waals surface area contributed by atoms with E-state index in [9.17, 15) is 9.18 Å². The van der Waals surface area contributed by atoms with Crippen LogP contribution in [0.5, 0.6) is 0 Å². The highest BCUT2D eigenvalue weighted by atomic mass is 19.1. The van der Waals surface area contributed by atoms with Gasteiger partial charge in [0.05, 0.1) is 6.04 Å². The third-order valence-electron chi connectivity index (χ3n) is 3.28. The van der Waals surface area contributed by atoms with Gasteiger partial charge in [-0.3, -0.25) is 4.79 Å². The lowest BCUT2D eigenvalue weighted by Gasteiger charge is -2.15. The van der Waals surface area contributed by atoms with Gasteiger partial charge in [0.1, 0.15) is 17.3 Å². The lowest BCUT2D eigenvalue weighted by atomic mass is 10.1. The Kier molecular flexibility index (Phi) is 4.52. The average molecular weight is 287 g/mol. The van der Waals surface area contributed by atoms with Crippen LogP contribution in [-0.2, 0) is 0 Å². The van der Waals surface area contributed by atoms with E-state index in [0.717, 1.165) is 5.56 Å². The Morgan fingerprint density at radius 1 is 1.29 bits per heavy atom. The number of hydrogen-bond acceptors (Lipinski definition) is 3. The first-order valence-electron chi connectivity index (χ1n) is 6.73. The van der Waals surface area contributed by atoms with Crippen LogP contribution in [0.15, 0.2) is 36.4 Å². The van der Waals surface area contributed by atoms with E-state index in [1.807, 2.05) is 6.92 Å². The number of aryl methyl sites for hydroxylation is 1. The van der Waals surface area contributed by atoms with Crippen molar-refractivity contribution in [1.29, 1.82) is 0 Å². The predicted octanol–water partition coefficient (Wildman–Crippen LogP) is 3.06. The highest BCUT2D eigenvalue weighted by molar-refractivity contribution is 5.92. The number of rotatable bonds is 4. The van der Waals surface area contributed by atoms with Crippen molar-refractivity contribution in [2.24, 2.45) is 0 Å². The number of amides is 1. The highest BCUT2D eigenvalue weighted by Gasteiger charge is 2.13. The first-order valence-corrected chi connectivity index (χ1v) is 6.73. The Bertz CT molecular complexity index is 658. The van der Waals surface area contributed by atoms with Gasteiger partial charge >= 0.3 is 0 Å². The molecule has 0 bridgehead atoms. The van der Waals surface area contributed by atoms with Crippen LogP contribution >= 0.6 is 0 Å². The Labute approximate surface area is 123 Å². The Morgan fingerprint density at radius 3 is 2.71 bits per heavy atom. The summed E-state index contributed by atoms with van der Waals surface area (Å²) in [5.74, 6) is 0.0566. The van der Waals surface area contributed by atoms with Crippen LogP contribution in [0.3, 0.4) is 0 Å². The molecule has 2 aromatic rings. The number of carbonyl (C=O) groups is 1. The Hall–Kier alpha value is -2.43. The topological polar surface area (TPSA) is 54.0 Å². The van der Waals surface area contributed by atoms with Gasteiger partial charge in [0.25, 0.3) is 5.91 Å². The van der Waals surface area contributed by atoms with Crippen molar-refractivity contribution in [3.8, 4) is 0 Å². The van der Waals surface area contributed by atoms with E-state index >= 15 is 0 Å². The van der Waals surface area contributed by atoms with Crippen molar-refractivity contribution in [2.75, 3.05) is 12.4 Å². The van der Waals surface area contributed by atoms with Crippen molar-refractivity contribution >= 4 is 11.7 Å². The maximum atomic E-state index is 13.6. The van der Waals surface area contributed by atoms with Crippen LogP contribution in [0.25, 0.3) is 0 Å². The molecule has 110 valence electrons. The van der Waals surface area contributed by atoms with Gasteiger partial charge < -0.3 is 10.6 Å². The maximum absolute atomic E-state index is 13.6. The number of nitrogens with one attached hydrogen (secondary N) is 2. The normalized spacial score (nSPS) is 11.8. The van der Waals surface area contributed by atoms with E-state index in [-0.39, 0.29) is 17.8 Å². The molecule has 0 radical (unpaired) electrons. The summed E-state index contributed by atoms with van der Waals surface area (Å²) in [7, 11) is 1.74. The van der Waals surface area contributed by atoms with E-state index < -0.39 is 0 Å². The van der Waals surface area contributed by atoms with Crippen LogP contribution < -0.4 is 10.6 Å². The molecule has 1 amide bonds. The molecule has 0 saturated heterocycles. The van der Waals surface area contributed by atoms with Crippen LogP contribution in [0.4, 0.5) is 10.2 Å². The zero-order chi connectivity index (χ0) is 15.4. The van der Waals surface area contributed by atoms with Crippen molar-refractivity contribution in [1.82, 2.24) is 10.3 Å². The number of aromatic nitrogens is 1. The standard InChI is InChI=1S/C16H18FN3O/c1-10-7-8-12(9-13(10)17)11(2)19-16(21)14-5-4-6-15(18-3)20-14/h4-9,11H,1-3H3,(H,18,20)(H,19,21). The molecule has 21 heavy (non-hydrogen) atoms. The largest absolute Gasteiger partial charge is 0.373 e. The fourth-order valence-corrected chi connectivity index (χ4v) is 1.93. The van der Waals surface area contributed by atoms with Gasteiger partial charge in [-0.2, -0.15) is 0 Å². The van der Waals surface area contributed by atoms with Gasteiger partial charge in [0.2, 0.25) is 0 Å². The smallest absolute Gasteiger partial charge is 0.270 e. The molecule has 2 N–H and O–H groups in total. The van der Waals surface area contributed by atoms with Crippen molar-refractivity contribution < 1.29 is 9.18 Å². The molecule has 0 saturated carbocycles. The minimum atomic E-state index is -0.298. The lowest BCUT2D eigenvalue weighted by molar-refractivity contribution is 0.0935. The molecule has 2 rings (SSSR count). The summed E-state index contributed by atoms with van der Waals surface area (Å²) in [5.41, 5.74) is 1.62. The Balaban J connectivity index is 2.12. The summed E-state index contributed by atoms with van der Waals surface area (Å²) in [6, 6.07) is 9.82. The molecular formula is C16H18FN3O. The molecule has 1 aromatic carbocycles. The van der Waals surface area contributed by atoms with Crippen LogP contribution in [0.2, 0.25) is 0 Å². The van der Waals surface area contributed by atoms with Crippen LogP contribution in [0, 0.1) is 12.7 Å². The molecule has 0 fully saturated rings. The summed E-state index contributed by atoms with van der Waals surface area (Å²) < 4.78 is 13.6.